The summed E-state index contributed by atoms with van der Waals surface area (Å²) in [5.74, 6) is 0.767. The Morgan fingerprint density at radius 1 is 1.16 bits per heavy atom. The standard InChI is InChI=1S/C15H20N4/c1-11-5-6-13(7-14(11)19(3)4)15-17-9-12(8-16-2)10-18-15/h5-7,9-10,16H,8H2,1-4H3. The van der Waals surface area contributed by atoms with E-state index in [1.807, 2.05) is 33.5 Å². The molecule has 0 spiro atoms. The fourth-order valence-electron chi connectivity index (χ4n) is 2.03. The smallest absolute Gasteiger partial charge is 0.159 e. The molecule has 1 N–H and O–H groups in total. The highest BCUT2D eigenvalue weighted by atomic mass is 15.1. The molecule has 2 rings (SSSR count). The minimum Gasteiger partial charge on any atom is -0.377 e. The van der Waals surface area contributed by atoms with Crippen LogP contribution in [0.25, 0.3) is 11.4 Å². The van der Waals surface area contributed by atoms with Gasteiger partial charge >= 0.3 is 0 Å². The fourth-order valence-corrected chi connectivity index (χ4v) is 2.03. The largest absolute Gasteiger partial charge is 0.377 e. The van der Waals surface area contributed by atoms with E-state index >= 15 is 0 Å². The number of aryl methyl sites for hydroxylation is 1. The number of aromatic nitrogens is 2. The molecule has 0 aliphatic rings. The first-order valence-corrected chi connectivity index (χ1v) is 6.35. The third-order valence-corrected chi connectivity index (χ3v) is 3.04. The first kappa shape index (κ1) is 13.5. The minimum atomic E-state index is 0.767. The Labute approximate surface area is 114 Å². The van der Waals surface area contributed by atoms with Crippen molar-refractivity contribution in [3.8, 4) is 11.4 Å². The number of hydrogen-bond donors (Lipinski definition) is 1. The molecule has 0 unspecified atom stereocenters. The average Bonchev–Trinajstić information content (AvgIpc) is 2.40. The molecule has 0 atom stereocenters. The zero-order valence-corrected chi connectivity index (χ0v) is 11.9. The molecule has 1 heterocycles. The molecular weight excluding hydrogens is 236 g/mol. The Morgan fingerprint density at radius 2 is 1.84 bits per heavy atom. The summed E-state index contributed by atoms with van der Waals surface area (Å²) in [6.07, 6.45) is 3.74. The van der Waals surface area contributed by atoms with Crippen LogP contribution in [0.2, 0.25) is 0 Å². The highest BCUT2D eigenvalue weighted by Crippen LogP contribution is 2.24. The first-order chi connectivity index (χ1) is 9.11. The van der Waals surface area contributed by atoms with E-state index in [2.05, 4.69) is 45.3 Å². The van der Waals surface area contributed by atoms with Crippen LogP contribution < -0.4 is 10.2 Å². The van der Waals surface area contributed by atoms with Crippen molar-refractivity contribution in [1.82, 2.24) is 15.3 Å². The lowest BCUT2D eigenvalue weighted by Gasteiger charge is -2.16. The predicted molar refractivity (Wildman–Crippen MR) is 79.3 cm³/mol. The van der Waals surface area contributed by atoms with Crippen LogP contribution in [0, 0.1) is 6.92 Å². The van der Waals surface area contributed by atoms with Crippen LogP contribution in [0.3, 0.4) is 0 Å². The molecule has 0 amide bonds. The van der Waals surface area contributed by atoms with Gasteiger partial charge in [0.05, 0.1) is 0 Å². The van der Waals surface area contributed by atoms with E-state index in [1.54, 1.807) is 0 Å². The molecule has 4 heteroatoms. The van der Waals surface area contributed by atoms with Gasteiger partial charge in [-0.2, -0.15) is 0 Å². The van der Waals surface area contributed by atoms with Crippen molar-refractivity contribution in [3.05, 3.63) is 41.7 Å². The normalized spacial score (nSPS) is 10.5. The summed E-state index contributed by atoms with van der Waals surface area (Å²) in [6, 6.07) is 6.30. The summed E-state index contributed by atoms with van der Waals surface area (Å²) in [6.45, 7) is 2.90. The Bertz CT molecular complexity index is 547. The second-order valence-corrected chi connectivity index (χ2v) is 4.84. The molecule has 0 saturated heterocycles. The first-order valence-electron chi connectivity index (χ1n) is 6.35. The molecule has 0 saturated carbocycles. The van der Waals surface area contributed by atoms with Crippen molar-refractivity contribution >= 4 is 5.69 Å². The number of nitrogens with zero attached hydrogens (tertiary/aromatic N) is 3. The van der Waals surface area contributed by atoms with Crippen molar-refractivity contribution in [2.75, 3.05) is 26.0 Å². The molecular formula is C15H20N4. The molecule has 2 aromatic rings. The van der Waals surface area contributed by atoms with Gasteiger partial charge in [-0.3, -0.25) is 0 Å². The number of rotatable bonds is 4. The van der Waals surface area contributed by atoms with Crippen LogP contribution in [0.4, 0.5) is 5.69 Å². The average molecular weight is 256 g/mol. The second kappa shape index (κ2) is 5.80. The summed E-state index contributed by atoms with van der Waals surface area (Å²) >= 11 is 0. The second-order valence-electron chi connectivity index (χ2n) is 4.84. The third-order valence-electron chi connectivity index (χ3n) is 3.04. The van der Waals surface area contributed by atoms with Gasteiger partial charge in [0, 0.05) is 49.8 Å². The number of benzene rings is 1. The Kier molecular flexibility index (Phi) is 4.12. The van der Waals surface area contributed by atoms with Gasteiger partial charge in [0.25, 0.3) is 0 Å². The van der Waals surface area contributed by atoms with Crippen molar-refractivity contribution < 1.29 is 0 Å². The van der Waals surface area contributed by atoms with Crippen molar-refractivity contribution in [3.63, 3.8) is 0 Å². The lowest BCUT2D eigenvalue weighted by molar-refractivity contribution is 0.807. The SMILES string of the molecule is CNCc1cnc(-c2ccc(C)c(N(C)C)c2)nc1. The molecule has 0 aliphatic carbocycles. The lowest BCUT2D eigenvalue weighted by atomic mass is 10.1. The summed E-state index contributed by atoms with van der Waals surface area (Å²) in [7, 11) is 6.00. The molecule has 0 bridgehead atoms. The van der Waals surface area contributed by atoms with Crippen molar-refractivity contribution in [2.45, 2.75) is 13.5 Å². The maximum atomic E-state index is 4.43. The number of anilines is 1. The highest BCUT2D eigenvalue weighted by molar-refractivity contribution is 5.65. The van der Waals surface area contributed by atoms with E-state index in [0.29, 0.717) is 0 Å². The van der Waals surface area contributed by atoms with E-state index in [9.17, 15) is 0 Å². The van der Waals surface area contributed by atoms with Gasteiger partial charge in [-0.25, -0.2) is 9.97 Å². The maximum absolute atomic E-state index is 4.43. The van der Waals surface area contributed by atoms with Gasteiger partial charge in [-0.05, 0) is 25.6 Å². The molecule has 0 aliphatic heterocycles. The maximum Gasteiger partial charge on any atom is 0.159 e. The minimum absolute atomic E-state index is 0.767. The Balaban J connectivity index is 2.33. The number of hydrogen-bond acceptors (Lipinski definition) is 4. The van der Waals surface area contributed by atoms with Gasteiger partial charge in [0.15, 0.2) is 5.82 Å². The van der Waals surface area contributed by atoms with Crippen LogP contribution in [0.5, 0.6) is 0 Å². The van der Waals surface area contributed by atoms with Crippen molar-refractivity contribution in [2.24, 2.45) is 0 Å². The molecule has 0 radical (unpaired) electrons. The summed E-state index contributed by atoms with van der Waals surface area (Å²) in [5.41, 5.74) is 4.58. The van der Waals surface area contributed by atoms with Crippen LogP contribution >= 0.6 is 0 Å². The zero-order valence-electron chi connectivity index (χ0n) is 11.9. The topological polar surface area (TPSA) is 41.1 Å². The molecule has 1 aromatic carbocycles. The van der Waals surface area contributed by atoms with Gasteiger partial charge in [0.2, 0.25) is 0 Å². The van der Waals surface area contributed by atoms with E-state index in [0.717, 1.165) is 23.5 Å². The summed E-state index contributed by atoms with van der Waals surface area (Å²) in [4.78, 5) is 11.0. The van der Waals surface area contributed by atoms with E-state index < -0.39 is 0 Å². The third kappa shape index (κ3) is 3.09. The van der Waals surface area contributed by atoms with E-state index in [1.165, 1.54) is 11.3 Å². The lowest BCUT2D eigenvalue weighted by Crippen LogP contribution is -2.10. The monoisotopic (exact) mass is 256 g/mol. The highest BCUT2D eigenvalue weighted by Gasteiger charge is 2.06. The van der Waals surface area contributed by atoms with Crippen LogP contribution in [-0.2, 0) is 6.54 Å². The van der Waals surface area contributed by atoms with Crippen LogP contribution in [0.15, 0.2) is 30.6 Å². The van der Waals surface area contributed by atoms with Gasteiger partial charge in [0.1, 0.15) is 0 Å². The predicted octanol–water partition coefficient (Wildman–Crippen LogP) is 2.24. The quantitative estimate of drug-likeness (QED) is 0.911. The van der Waals surface area contributed by atoms with Crippen LogP contribution in [-0.4, -0.2) is 31.1 Å². The molecule has 1 aromatic heterocycles. The Hall–Kier alpha value is -1.94. The number of nitrogens with one attached hydrogen (secondary N) is 1. The van der Waals surface area contributed by atoms with Crippen molar-refractivity contribution in [1.29, 1.82) is 0 Å². The molecule has 0 fully saturated rings. The van der Waals surface area contributed by atoms with Gasteiger partial charge in [-0.15, -0.1) is 0 Å². The van der Waals surface area contributed by atoms with Crippen LogP contribution in [0.1, 0.15) is 11.1 Å². The van der Waals surface area contributed by atoms with Gasteiger partial charge < -0.3 is 10.2 Å². The van der Waals surface area contributed by atoms with Gasteiger partial charge in [-0.1, -0.05) is 12.1 Å². The molecule has 4 nitrogen and oxygen atoms in total. The van der Waals surface area contributed by atoms with E-state index in [4.69, 9.17) is 0 Å². The summed E-state index contributed by atoms with van der Waals surface area (Å²) in [5, 5.41) is 3.09. The fraction of sp³-hybridized carbons (Fsp3) is 0.333. The zero-order chi connectivity index (χ0) is 13.8. The summed E-state index contributed by atoms with van der Waals surface area (Å²) < 4.78 is 0. The molecule has 100 valence electrons. The molecule has 19 heavy (non-hydrogen) atoms. The van der Waals surface area contributed by atoms with E-state index in [-0.39, 0.29) is 0 Å². The Morgan fingerprint density at radius 3 is 2.42 bits per heavy atom.